The third kappa shape index (κ3) is 3.33. The van der Waals surface area contributed by atoms with Crippen molar-refractivity contribution in [3.8, 4) is 0 Å². The zero-order valence-electron chi connectivity index (χ0n) is 12.1. The van der Waals surface area contributed by atoms with E-state index in [-0.39, 0.29) is 6.54 Å². The molecule has 112 valence electrons. The van der Waals surface area contributed by atoms with Gasteiger partial charge in [-0.15, -0.1) is 11.3 Å². The second kappa shape index (κ2) is 5.51. The van der Waals surface area contributed by atoms with E-state index in [1.165, 1.54) is 12.8 Å². The van der Waals surface area contributed by atoms with Gasteiger partial charge in [0.05, 0.1) is 22.1 Å². The van der Waals surface area contributed by atoms with Crippen LogP contribution in [0.1, 0.15) is 40.6 Å². The van der Waals surface area contributed by atoms with Gasteiger partial charge in [-0.3, -0.25) is 0 Å². The van der Waals surface area contributed by atoms with Crippen molar-refractivity contribution in [2.75, 3.05) is 0 Å². The summed E-state index contributed by atoms with van der Waals surface area (Å²) in [6.45, 7) is 3.95. The molecule has 0 saturated heterocycles. The Morgan fingerprint density at radius 2 is 2.10 bits per heavy atom. The lowest BCUT2D eigenvalue weighted by atomic mass is 10.2. The van der Waals surface area contributed by atoms with Crippen molar-refractivity contribution in [1.82, 2.24) is 9.71 Å². The monoisotopic (exact) mass is 322 g/mol. The SMILES string of the molecule is Cc1ccc(C)c(S(=O)(=O)NCc2csc(C3CC3)n2)c1. The topological polar surface area (TPSA) is 59.1 Å². The Kier molecular flexibility index (Phi) is 3.86. The minimum absolute atomic E-state index is 0.249. The fourth-order valence-electron chi connectivity index (χ4n) is 2.17. The molecule has 0 aliphatic heterocycles. The van der Waals surface area contributed by atoms with Crippen LogP contribution in [0.15, 0.2) is 28.5 Å². The minimum Gasteiger partial charge on any atom is -0.245 e. The van der Waals surface area contributed by atoms with Crippen LogP contribution in [-0.4, -0.2) is 13.4 Å². The number of aryl methyl sites for hydroxylation is 2. The van der Waals surface area contributed by atoms with Crippen LogP contribution in [0, 0.1) is 13.8 Å². The third-order valence-electron chi connectivity index (χ3n) is 3.57. The molecule has 1 saturated carbocycles. The molecule has 0 bridgehead atoms. The quantitative estimate of drug-likeness (QED) is 0.920. The van der Waals surface area contributed by atoms with E-state index in [2.05, 4.69) is 9.71 Å². The highest BCUT2D eigenvalue weighted by Gasteiger charge is 2.26. The van der Waals surface area contributed by atoms with E-state index in [1.54, 1.807) is 17.4 Å². The molecule has 1 aliphatic carbocycles. The molecule has 1 aliphatic rings. The zero-order valence-corrected chi connectivity index (χ0v) is 13.7. The maximum Gasteiger partial charge on any atom is 0.241 e. The van der Waals surface area contributed by atoms with Crippen molar-refractivity contribution in [3.05, 3.63) is 45.4 Å². The molecule has 4 nitrogen and oxygen atoms in total. The smallest absolute Gasteiger partial charge is 0.241 e. The van der Waals surface area contributed by atoms with Gasteiger partial charge >= 0.3 is 0 Å². The fourth-order valence-corrected chi connectivity index (χ4v) is 4.48. The molecule has 1 N–H and O–H groups in total. The summed E-state index contributed by atoms with van der Waals surface area (Å²) >= 11 is 1.63. The highest BCUT2D eigenvalue weighted by molar-refractivity contribution is 7.89. The van der Waals surface area contributed by atoms with E-state index in [0.29, 0.717) is 10.8 Å². The average molecular weight is 322 g/mol. The standard InChI is InChI=1S/C15H18N2O2S2/c1-10-3-4-11(2)14(7-10)21(18,19)16-8-13-9-20-15(17-13)12-5-6-12/h3-4,7,9,12,16H,5-6,8H2,1-2H3. The summed E-state index contributed by atoms with van der Waals surface area (Å²) in [6, 6.07) is 5.45. The van der Waals surface area contributed by atoms with Gasteiger partial charge in [-0.1, -0.05) is 12.1 Å². The van der Waals surface area contributed by atoms with Crippen LogP contribution in [0.2, 0.25) is 0 Å². The summed E-state index contributed by atoms with van der Waals surface area (Å²) < 4.78 is 27.4. The number of hydrogen-bond acceptors (Lipinski definition) is 4. The van der Waals surface area contributed by atoms with Gasteiger partial charge in [-0.25, -0.2) is 18.1 Å². The summed E-state index contributed by atoms with van der Waals surface area (Å²) in [4.78, 5) is 4.85. The number of benzene rings is 1. The Labute approximate surface area is 129 Å². The lowest BCUT2D eigenvalue weighted by molar-refractivity contribution is 0.580. The van der Waals surface area contributed by atoms with Crippen LogP contribution in [-0.2, 0) is 16.6 Å². The highest BCUT2D eigenvalue weighted by Crippen LogP contribution is 2.41. The first kappa shape index (κ1) is 14.7. The molecule has 0 radical (unpaired) electrons. The summed E-state index contributed by atoms with van der Waals surface area (Å²) in [7, 11) is -3.49. The van der Waals surface area contributed by atoms with Crippen LogP contribution >= 0.6 is 11.3 Å². The Morgan fingerprint density at radius 1 is 1.33 bits per heavy atom. The molecular formula is C15H18N2O2S2. The molecule has 3 rings (SSSR count). The normalized spacial score (nSPS) is 15.3. The lowest BCUT2D eigenvalue weighted by Gasteiger charge is -2.09. The van der Waals surface area contributed by atoms with E-state index in [0.717, 1.165) is 21.8 Å². The van der Waals surface area contributed by atoms with Crippen LogP contribution in [0.25, 0.3) is 0 Å². The largest absolute Gasteiger partial charge is 0.245 e. The van der Waals surface area contributed by atoms with E-state index >= 15 is 0 Å². The van der Waals surface area contributed by atoms with Crippen LogP contribution in [0.3, 0.4) is 0 Å². The molecule has 21 heavy (non-hydrogen) atoms. The maximum atomic E-state index is 12.4. The average Bonchev–Trinajstić information content (AvgIpc) is 3.18. The van der Waals surface area contributed by atoms with Gasteiger partial charge in [0.1, 0.15) is 0 Å². The zero-order chi connectivity index (χ0) is 15.0. The number of rotatable bonds is 5. The Balaban J connectivity index is 1.74. The predicted octanol–water partition coefficient (Wildman–Crippen LogP) is 3.12. The predicted molar refractivity (Wildman–Crippen MR) is 84.0 cm³/mol. The van der Waals surface area contributed by atoms with Gasteiger partial charge < -0.3 is 0 Å². The van der Waals surface area contributed by atoms with Gasteiger partial charge in [0.15, 0.2) is 0 Å². The van der Waals surface area contributed by atoms with Crippen LogP contribution in [0.4, 0.5) is 0 Å². The van der Waals surface area contributed by atoms with Crippen LogP contribution in [0.5, 0.6) is 0 Å². The van der Waals surface area contributed by atoms with Crippen molar-refractivity contribution >= 4 is 21.4 Å². The number of aromatic nitrogens is 1. The summed E-state index contributed by atoms with van der Waals surface area (Å²) in [6.07, 6.45) is 2.42. The molecule has 0 spiro atoms. The number of nitrogens with one attached hydrogen (secondary N) is 1. The molecule has 1 aromatic heterocycles. The van der Waals surface area contributed by atoms with Crippen molar-refractivity contribution < 1.29 is 8.42 Å². The van der Waals surface area contributed by atoms with E-state index < -0.39 is 10.0 Å². The van der Waals surface area contributed by atoms with Gasteiger partial charge in [0.25, 0.3) is 0 Å². The van der Waals surface area contributed by atoms with Gasteiger partial charge in [-0.05, 0) is 43.9 Å². The lowest BCUT2D eigenvalue weighted by Crippen LogP contribution is -2.24. The molecule has 0 amide bonds. The molecule has 0 unspecified atom stereocenters. The molecule has 2 aromatic rings. The Morgan fingerprint density at radius 3 is 2.81 bits per heavy atom. The van der Waals surface area contributed by atoms with Crippen molar-refractivity contribution in [2.45, 2.75) is 44.0 Å². The molecule has 1 fully saturated rings. The first-order valence-electron chi connectivity index (χ1n) is 6.97. The Hall–Kier alpha value is -1.24. The summed E-state index contributed by atoms with van der Waals surface area (Å²) in [5, 5.41) is 3.08. The Bertz CT molecular complexity index is 762. The highest BCUT2D eigenvalue weighted by atomic mass is 32.2. The van der Waals surface area contributed by atoms with Gasteiger partial charge in [0.2, 0.25) is 10.0 Å². The van der Waals surface area contributed by atoms with E-state index in [1.807, 2.05) is 31.4 Å². The molecular weight excluding hydrogens is 304 g/mol. The maximum absolute atomic E-state index is 12.4. The van der Waals surface area contributed by atoms with E-state index in [9.17, 15) is 8.42 Å². The third-order valence-corrected chi connectivity index (χ3v) is 6.17. The summed E-state index contributed by atoms with van der Waals surface area (Å²) in [5.74, 6) is 0.611. The number of thiazole rings is 1. The molecule has 1 heterocycles. The first-order valence-corrected chi connectivity index (χ1v) is 9.33. The number of nitrogens with zero attached hydrogens (tertiary/aromatic N) is 1. The van der Waals surface area contributed by atoms with Crippen molar-refractivity contribution in [3.63, 3.8) is 0 Å². The molecule has 1 aromatic carbocycles. The minimum atomic E-state index is -3.49. The second-order valence-electron chi connectivity index (χ2n) is 5.54. The van der Waals surface area contributed by atoms with Crippen molar-refractivity contribution in [1.29, 1.82) is 0 Å². The van der Waals surface area contributed by atoms with Crippen LogP contribution < -0.4 is 4.72 Å². The van der Waals surface area contributed by atoms with E-state index in [4.69, 9.17) is 0 Å². The first-order chi connectivity index (χ1) is 9.95. The molecule has 0 atom stereocenters. The number of hydrogen-bond donors (Lipinski definition) is 1. The fraction of sp³-hybridized carbons (Fsp3) is 0.400. The second-order valence-corrected chi connectivity index (χ2v) is 8.17. The summed E-state index contributed by atoms with van der Waals surface area (Å²) in [5.41, 5.74) is 2.49. The van der Waals surface area contributed by atoms with Gasteiger partial charge in [0, 0.05) is 11.3 Å². The molecule has 6 heteroatoms. The van der Waals surface area contributed by atoms with Crippen molar-refractivity contribution in [2.24, 2.45) is 0 Å². The number of sulfonamides is 1. The van der Waals surface area contributed by atoms with Gasteiger partial charge in [-0.2, -0.15) is 0 Å².